The van der Waals surface area contributed by atoms with E-state index in [4.69, 9.17) is 10.2 Å². The van der Waals surface area contributed by atoms with Crippen molar-refractivity contribution in [2.24, 2.45) is 5.73 Å². The highest BCUT2D eigenvalue weighted by molar-refractivity contribution is 5.73. The van der Waals surface area contributed by atoms with Gasteiger partial charge in [-0.2, -0.15) is 4.68 Å². The minimum absolute atomic E-state index is 0.177. The van der Waals surface area contributed by atoms with Crippen LogP contribution >= 0.6 is 0 Å². The van der Waals surface area contributed by atoms with Gasteiger partial charge in [-0.3, -0.25) is 4.79 Å². The minimum atomic E-state index is -0.695. The van der Waals surface area contributed by atoms with Crippen LogP contribution in [0.2, 0.25) is 0 Å². The average Bonchev–Trinajstić information content (AvgIpc) is 2.60. The first kappa shape index (κ1) is 11.1. The number of carbonyl (C=O) groups is 1. The molecule has 0 radical (unpaired) electrons. The smallest absolute Gasteiger partial charge is 0.388 e. The van der Waals surface area contributed by atoms with Crippen molar-refractivity contribution in [2.75, 3.05) is 0 Å². The molecule has 0 unspecified atom stereocenters. The van der Waals surface area contributed by atoms with Gasteiger partial charge in [-0.25, -0.2) is 4.79 Å². The van der Waals surface area contributed by atoms with Crippen LogP contribution in [-0.2, 0) is 11.3 Å². The number of nitrogens with zero attached hydrogens (tertiary/aromatic N) is 2. The number of primary amides is 1. The number of amides is 1. The van der Waals surface area contributed by atoms with Gasteiger partial charge in [0.05, 0.1) is 0 Å². The van der Waals surface area contributed by atoms with Gasteiger partial charge in [0.25, 0.3) is 0 Å². The van der Waals surface area contributed by atoms with E-state index >= 15 is 0 Å². The van der Waals surface area contributed by atoms with Crippen LogP contribution in [0.25, 0.3) is 11.5 Å². The maximum Gasteiger partial charge on any atom is 0.437 e. The Bertz CT molecular complexity index is 595. The fourth-order valence-corrected chi connectivity index (χ4v) is 1.37. The molecule has 1 amide bonds. The summed E-state index contributed by atoms with van der Waals surface area (Å²) in [5, 5.41) is 3.89. The van der Waals surface area contributed by atoms with E-state index in [0.717, 1.165) is 10.2 Å². The second-order valence-corrected chi connectivity index (χ2v) is 3.66. The zero-order valence-corrected chi connectivity index (χ0v) is 9.21. The summed E-state index contributed by atoms with van der Waals surface area (Å²) in [6, 6.07) is 7.33. The van der Waals surface area contributed by atoms with Gasteiger partial charge in [-0.15, -0.1) is 5.10 Å². The Hall–Kier alpha value is -2.37. The van der Waals surface area contributed by atoms with Crippen LogP contribution in [0.4, 0.5) is 0 Å². The molecule has 6 heteroatoms. The standard InChI is InChI=1S/C11H11N3O3/c1-7-2-4-8(5-3-7)10-13-14(6-9(12)15)11(16)17-10/h2-5H,6H2,1H3,(H2,12,15). The second kappa shape index (κ2) is 4.25. The van der Waals surface area contributed by atoms with E-state index in [-0.39, 0.29) is 12.4 Å². The third kappa shape index (κ3) is 2.41. The first-order valence-corrected chi connectivity index (χ1v) is 4.99. The molecule has 2 N–H and O–H groups in total. The first-order chi connectivity index (χ1) is 8.06. The third-order valence-corrected chi connectivity index (χ3v) is 2.21. The maximum atomic E-state index is 11.3. The number of nitrogens with two attached hydrogens (primary N) is 1. The van der Waals surface area contributed by atoms with Crippen LogP contribution in [0.1, 0.15) is 5.56 Å². The second-order valence-electron chi connectivity index (χ2n) is 3.66. The van der Waals surface area contributed by atoms with E-state index in [1.54, 1.807) is 12.1 Å². The van der Waals surface area contributed by atoms with Gasteiger partial charge in [0.15, 0.2) is 0 Å². The molecule has 0 aliphatic carbocycles. The van der Waals surface area contributed by atoms with Crippen LogP contribution in [-0.4, -0.2) is 15.7 Å². The first-order valence-electron chi connectivity index (χ1n) is 4.99. The van der Waals surface area contributed by atoms with Crippen LogP contribution in [0.15, 0.2) is 33.5 Å². The summed E-state index contributed by atoms with van der Waals surface area (Å²) < 4.78 is 5.83. The van der Waals surface area contributed by atoms with E-state index < -0.39 is 11.7 Å². The monoisotopic (exact) mass is 233 g/mol. The van der Waals surface area contributed by atoms with E-state index in [1.807, 2.05) is 19.1 Å². The van der Waals surface area contributed by atoms with E-state index in [2.05, 4.69) is 5.10 Å². The summed E-state index contributed by atoms with van der Waals surface area (Å²) in [4.78, 5) is 22.0. The predicted octanol–water partition coefficient (Wildman–Crippen LogP) is 0.297. The molecule has 2 aromatic rings. The van der Waals surface area contributed by atoms with Crippen LogP contribution < -0.4 is 11.5 Å². The van der Waals surface area contributed by atoms with Gasteiger partial charge in [0.2, 0.25) is 11.8 Å². The highest BCUT2D eigenvalue weighted by atomic mass is 16.4. The lowest BCUT2D eigenvalue weighted by Crippen LogP contribution is -2.26. The summed E-state index contributed by atoms with van der Waals surface area (Å²) in [5.74, 6) is -1.16. The number of rotatable bonds is 3. The van der Waals surface area contributed by atoms with Crippen LogP contribution in [0.5, 0.6) is 0 Å². The van der Waals surface area contributed by atoms with Crippen molar-refractivity contribution in [3.8, 4) is 11.5 Å². The van der Waals surface area contributed by atoms with Crippen LogP contribution in [0.3, 0.4) is 0 Å². The Labute approximate surface area is 96.7 Å². The van der Waals surface area contributed by atoms with Crippen molar-refractivity contribution in [3.63, 3.8) is 0 Å². The van der Waals surface area contributed by atoms with E-state index in [0.29, 0.717) is 5.56 Å². The zero-order valence-electron chi connectivity index (χ0n) is 9.21. The Balaban J connectivity index is 2.37. The lowest BCUT2D eigenvalue weighted by molar-refractivity contribution is -0.118. The summed E-state index contributed by atoms with van der Waals surface area (Å²) in [6.07, 6.45) is 0. The van der Waals surface area contributed by atoms with E-state index in [9.17, 15) is 9.59 Å². The molecule has 0 atom stereocenters. The summed E-state index contributed by atoms with van der Waals surface area (Å²) in [7, 11) is 0. The Morgan fingerprint density at radius 2 is 2.06 bits per heavy atom. The maximum absolute atomic E-state index is 11.3. The molecule has 0 fully saturated rings. The number of aromatic nitrogens is 2. The quantitative estimate of drug-likeness (QED) is 0.825. The fourth-order valence-electron chi connectivity index (χ4n) is 1.37. The molecule has 17 heavy (non-hydrogen) atoms. The third-order valence-electron chi connectivity index (χ3n) is 2.21. The normalized spacial score (nSPS) is 10.4. The minimum Gasteiger partial charge on any atom is -0.388 e. The van der Waals surface area contributed by atoms with Crippen molar-refractivity contribution in [2.45, 2.75) is 13.5 Å². The van der Waals surface area contributed by atoms with Gasteiger partial charge in [0.1, 0.15) is 6.54 Å². The molecule has 2 rings (SSSR count). The van der Waals surface area contributed by atoms with Crippen molar-refractivity contribution in [3.05, 3.63) is 40.4 Å². The van der Waals surface area contributed by atoms with Gasteiger partial charge in [-0.1, -0.05) is 17.7 Å². The molecule has 6 nitrogen and oxygen atoms in total. The molecule has 1 aromatic heterocycles. The van der Waals surface area contributed by atoms with Gasteiger partial charge >= 0.3 is 5.76 Å². The molecule has 0 aliphatic rings. The SMILES string of the molecule is Cc1ccc(-c2nn(CC(N)=O)c(=O)o2)cc1. The summed E-state index contributed by atoms with van der Waals surface area (Å²) in [6.45, 7) is 1.67. The van der Waals surface area contributed by atoms with Gasteiger partial charge in [0, 0.05) is 5.56 Å². The van der Waals surface area contributed by atoms with Crippen molar-refractivity contribution < 1.29 is 9.21 Å². The molecule has 0 spiro atoms. The molecule has 1 aromatic carbocycles. The van der Waals surface area contributed by atoms with Crippen LogP contribution in [0, 0.1) is 6.92 Å². The van der Waals surface area contributed by atoms with Gasteiger partial charge in [-0.05, 0) is 19.1 Å². The number of hydrogen-bond donors (Lipinski definition) is 1. The number of benzene rings is 1. The average molecular weight is 233 g/mol. The molecular weight excluding hydrogens is 222 g/mol. The molecular formula is C11H11N3O3. The highest BCUT2D eigenvalue weighted by Crippen LogP contribution is 2.15. The molecule has 88 valence electrons. The van der Waals surface area contributed by atoms with E-state index in [1.165, 1.54) is 0 Å². The topological polar surface area (TPSA) is 91.1 Å². The Morgan fingerprint density at radius 3 is 2.65 bits per heavy atom. The zero-order chi connectivity index (χ0) is 12.4. The fraction of sp³-hybridized carbons (Fsp3) is 0.182. The number of hydrogen-bond acceptors (Lipinski definition) is 4. The molecule has 0 saturated heterocycles. The summed E-state index contributed by atoms with van der Waals surface area (Å²) >= 11 is 0. The summed E-state index contributed by atoms with van der Waals surface area (Å²) in [5.41, 5.74) is 6.75. The predicted molar refractivity (Wildman–Crippen MR) is 60.1 cm³/mol. The molecule has 0 aliphatic heterocycles. The molecule has 0 bridgehead atoms. The number of aryl methyl sites for hydroxylation is 1. The number of carbonyl (C=O) groups excluding carboxylic acids is 1. The largest absolute Gasteiger partial charge is 0.437 e. The lowest BCUT2D eigenvalue weighted by atomic mass is 10.1. The van der Waals surface area contributed by atoms with Crippen molar-refractivity contribution >= 4 is 5.91 Å². The van der Waals surface area contributed by atoms with Crippen molar-refractivity contribution in [1.29, 1.82) is 0 Å². The Kier molecular flexibility index (Phi) is 2.78. The Morgan fingerprint density at radius 1 is 1.41 bits per heavy atom. The van der Waals surface area contributed by atoms with Gasteiger partial charge < -0.3 is 10.2 Å². The molecule has 1 heterocycles. The molecule has 0 saturated carbocycles. The highest BCUT2D eigenvalue weighted by Gasteiger charge is 2.11. The lowest BCUT2D eigenvalue weighted by Gasteiger charge is -1.95. The van der Waals surface area contributed by atoms with Crippen molar-refractivity contribution in [1.82, 2.24) is 9.78 Å².